The third-order valence-electron chi connectivity index (χ3n) is 12.4. The van der Waals surface area contributed by atoms with Crippen molar-refractivity contribution in [1.29, 1.82) is 0 Å². The van der Waals surface area contributed by atoms with E-state index in [0.717, 1.165) is 62.6 Å². The molecule has 70 heavy (non-hydrogen) atoms. The number of rotatable bonds is 23. The summed E-state index contributed by atoms with van der Waals surface area (Å²) in [6.07, 6.45) is 17.3. The Morgan fingerprint density at radius 1 is 0.529 bits per heavy atom. The number of anilines is 2. The fourth-order valence-electron chi connectivity index (χ4n) is 7.08. The lowest BCUT2D eigenvalue weighted by Gasteiger charge is -2.29. The first-order valence-corrected chi connectivity index (χ1v) is 28.3. The number of thioether (sulfide) groups is 2. The molecule has 5 rings (SSSR count). The smallest absolute Gasteiger partial charge is 0.232 e. The van der Waals surface area contributed by atoms with Crippen LogP contribution < -0.4 is 5.32 Å². The maximum absolute atomic E-state index is 10.2. The Morgan fingerprint density at radius 3 is 1.26 bits per heavy atom. The van der Waals surface area contributed by atoms with Crippen molar-refractivity contribution in [3.63, 3.8) is 0 Å². The van der Waals surface area contributed by atoms with E-state index >= 15 is 0 Å². The largest absolute Gasteiger partial charge is 0.508 e. The van der Waals surface area contributed by atoms with Gasteiger partial charge in [-0.3, -0.25) is 0 Å². The lowest BCUT2D eigenvalue weighted by Crippen LogP contribution is -2.19. The van der Waals surface area contributed by atoms with Crippen LogP contribution in [0.2, 0.25) is 0 Å². The van der Waals surface area contributed by atoms with Gasteiger partial charge in [-0.15, -0.1) is 0 Å². The van der Waals surface area contributed by atoms with Crippen LogP contribution in [0.25, 0.3) is 0 Å². The highest BCUT2D eigenvalue weighted by molar-refractivity contribution is 7.99. The molecule has 0 unspecified atom stereocenters. The van der Waals surface area contributed by atoms with E-state index in [9.17, 15) is 15.3 Å². The van der Waals surface area contributed by atoms with E-state index in [0.29, 0.717) is 23.4 Å². The normalized spacial score (nSPS) is 11.0. The van der Waals surface area contributed by atoms with Crippen LogP contribution in [0, 0.1) is 13.8 Å². The number of nitrogens with one attached hydrogen (secondary N) is 1. The molecule has 5 N–H and O–H groups in total. The summed E-state index contributed by atoms with van der Waals surface area (Å²) in [4.78, 5) is 14.1. The van der Waals surface area contributed by atoms with Gasteiger partial charge < -0.3 is 25.7 Å². The van der Waals surface area contributed by atoms with Crippen LogP contribution in [-0.4, -0.2) is 46.9 Å². The molecule has 8 nitrogen and oxygen atoms in total. The van der Waals surface area contributed by atoms with Gasteiger partial charge in [0.1, 0.15) is 23.0 Å². The third-order valence-corrected chi connectivity index (χ3v) is 14.2. The van der Waals surface area contributed by atoms with Gasteiger partial charge >= 0.3 is 0 Å². The van der Waals surface area contributed by atoms with Gasteiger partial charge in [0, 0.05) is 28.3 Å². The molecular formula is C60H94N4O4S2. The second kappa shape index (κ2) is 35.7. The topological polar surface area (TPSA) is 132 Å². The number of aromatic hydroxyl groups is 4. The summed E-state index contributed by atoms with van der Waals surface area (Å²) in [7, 11) is 0. The Labute approximate surface area is 434 Å². The zero-order valence-corrected chi connectivity index (χ0v) is 47.6. The first kappa shape index (κ1) is 63.6. The summed E-state index contributed by atoms with van der Waals surface area (Å²) in [6.45, 7) is 29.2. The molecular weight excluding hydrogens is 905 g/mol. The van der Waals surface area contributed by atoms with E-state index in [4.69, 9.17) is 10.1 Å². The van der Waals surface area contributed by atoms with Crippen LogP contribution in [0.5, 0.6) is 23.0 Å². The third kappa shape index (κ3) is 25.1. The summed E-state index contributed by atoms with van der Waals surface area (Å²) in [5.41, 5.74) is 5.36. The second-order valence-corrected chi connectivity index (χ2v) is 21.4. The Balaban J connectivity index is 0.000000557. The molecule has 0 aliphatic rings. The molecule has 390 valence electrons. The fourth-order valence-corrected chi connectivity index (χ4v) is 8.80. The Kier molecular flexibility index (Phi) is 32.4. The van der Waals surface area contributed by atoms with Crippen molar-refractivity contribution in [2.75, 3.05) is 16.8 Å². The number of nitrogens with zero attached hydrogens (tertiary/aromatic N) is 3. The van der Waals surface area contributed by atoms with E-state index in [1.807, 2.05) is 52.0 Å². The van der Waals surface area contributed by atoms with Crippen LogP contribution in [0.4, 0.5) is 11.6 Å². The van der Waals surface area contributed by atoms with Crippen molar-refractivity contribution in [2.45, 2.75) is 214 Å². The number of hydrogen-bond acceptors (Lipinski definition) is 10. The van der Waals surface area contributed by atoms with Crippen LogP contribution >= 0.6 is 23.5 Å². The van der Waals surface area contributed by atoms with Gasteiger partial charge in [0.15, 0.2) is 10.3 Å². The Morgan fingerprint density at radius 2 is 0.914 bits per heavy atom. The predicted octanol–water partition coefficient (Wildman–Crippen LogP) is 18.5. The molecule has 0 aliphatic heterocycles. The number of aromatic nitrogens is 3. The number of unbranched alkanes of at least 4 members (excludes halogenated alkanes) is 10. The summed E-state index contributed by atoms with van der Waals surface area (Å²) in [5, 5.41) is 44.1. The zero-order valence-electron chi connectivity index (χ0n) is 45.9. The van der Waals surface area contributed by atoms with E-state index in [1.54, 1.807) is 59.9 Å². The number of hydrogen-bond donors (Lipinski definition) is 5. The van der Waals surface area contributed by atoms with E-state index < -0.39 is 0 Å². The van der Waals surface area contributed by atoms with Gasteiger partial charge in [-0.2, -0.15) is 15.0 Å². The average Bonchev–Trinajstić information content (AvgIpc) is 3.35. The maximum Gasteiger partial charge on any atom is 0.232 e. The van der Waals surface area contributed by atoms with Crippen molar-refractivity contribution >= 4 is 35.2 Å². The zero-order chi connectivity index (χ0) is 52.5. The molecule has 0 amide bonds. The molecule has 0 saturated heterocycles. The molecule has 0 bridgehead atoms. The van der Waals surface area contributed by atoms with E-state index in [2.05, 4.69) is 109 Å². The van der Waals surface area contributed by atoms with Gasteiger partial charge in [0.05, 0.1) is 0 Å². The van der Waals surface area contributed by atoms with Crippen molar-refractivity contribution < 1.29 is 20.4 Å². The molecule has 0 atom stereocenters. The SMILES string of the molecule is CC.CC(C)c1ccccc1.CCC(C)(C)c1cc(O)c(C(C)(C)CC)cc1O.CCCCCCCCSc1nc(Nc2cc(C)c(O)c(C)c2)nc(SCCCCCCCC)n1.Oc1ccccc1. The lowest BCUT2D eigenvalue weighted by atomic mass is 9.77. The highest BCUT2D eigenvalue weighted by Gasteiger charge is 2.28. The fraction of sp³-hybridized carbons (Fsp3) is 0.550. The van der Waals surface area contributed by atoms with Crippen LogP contribution in [0.3, 0.4) is 0 Å². The summed E-state index contributed by atoms with van der Waals surface area (Å²) >= 11 is 3.46. The van der Waals surface area contributed by atoms with E-state index in [-0.39, 0.29) is 22.3 Å². The molecule has 0 radical (unpaired) electrons. The lowest BCUT2D eigenvalue weighted by molar-refractivity contribution is 0.400. The minimum Gasteiger partial charge on any atom is -0.508 e. The molecule has 1 aromatic heterocycles. The molecule has 4 aromatic carbocycles. The monoisotopic (exact) mass is 999 g/mol. The van der Waals surface area contributed by atoms with Gasteiger partial charge in [-0.1, -0.05) is 219 Å². The summed E-state index contributed by atoms with van der Waals surface area (Å²) < 4.78 is 0. The highest BCUT2D eigenvalue weighted by atomic mass is 32.2. The van der Waals surface area contributed by atoms with Gasteiger partial charge in [-0.05, 0) is 109 Å². The predicted molar refractivity (Wildman–Crippen MR) is 305 cm³/mol. The summed E-state index contributed by atoms with van der Waals surface area (Å²) in [6, 6.07) is 26.5. The Bertz CT molecular complexity index is 2030. The standard InChI is InChI=1S/C27H44N4OS2.C16H26O2.C9H12.C6H6O.C2H6/c1-5-7-9-11-13-15-17-33-26-29-25(28-23-19-21(3)24(32)22(4)20-23)30-27(31-26)34-18-16-14-12-10-8-6-2;1-7-15(3,4)11-9-14(18)12(10-13(11)17)16(5,6)8-2;1-8(2)9-6-4-3-5-7-9;7-6-4-2-1-3-5-6;1-2/h19-20,32H,5-18H2,1-4H3,(H,28,29,30,31);9-10,17-18H,7-8H2,1-6H3;3-8H,1-2H3;1-5,7H;1-2H3. The molecule has 5 aromatic rings. The quantitative estimate of drug-likeness (QED) is 0.0245. The highest BCUT2D eigenvalue weighted by Crippen LogP contribution is 2.42. The minimum absolute atomic E-state index is 0.129. The molecule has 0 fully saturated rings. The molecule has 0 spiro atoms. The number of para-hydroxylation sites is 1. The van der Waals surface area contributed by atoms with Crippen molar-refractivity contribution in [2.24, 2.45) is 0 Å². The number of aryl methyl sites for hydroxylation is 2. The van der Waals surface area contributed by atoms with Crippen LogP contribution in [0.15, 0.2) is 95.2 Å². The van der Waals surface area contributed by atoms with E-state index in [1.165, 1.54) is 82.6 Å². The van der Waals surface area contributed by atoms with Crippen LogP contribution in [-0.2, 0) is 10.8 Å². The molecule has 1 heterocycles. The molecule has 0 aliphatic carbocycles. The summed E-state index contributed by atoms with van der Waals surface area (Å²) in [5.74, 6) is 4.55. The van der Waals surface area contributed by atoms with Crippen molar-refractivity contribution in [3.8, 4) is 23.0 Å². The second-order valence-electron chi connectivity index (χ2n) is 19.3. The first-order valence-electron chi connectivity index (χ1n) is 26.3. The van der Waals surface area contributed by atoms with Crippen molar-refractivity contribution in [1.82, 2.24) is 15.0 Å². The maximum atomic E-state index is 10.2. The number of phenolic OH excluding ortho intramolecular Hbond substituents is 4. The number of phenols is 4. The molecule has 0 saturated carbocycles. The van der Waals surface area contributed by atoms with Crippen molar-refractivity contribution in [3.05, 3.63) is 113 Å². The van der Waals surface area contributed by atoms with Gasteiger partial charge in [0.25, 0.3) is 0 Å². The molecule has 10 heteroatoms. The van der Waals surface area contributed by atoms with Gasteiger partial charge in [-0.25, -0.2) is 0 Å². The number of benzene rings is 4. The first-order chi connectivity index (χ1) is 33.4. The van der Waals surface area contributed by atoms with Gasteiger partial charge in [0.2, 0.25) is 5.95 Å². The minimum atomic E-state index is -0.129. The van der Waals surface area contributed by atoms with Crippen LogP contribution in [0.1, 0.15) is 207 Å². The average molecular weight is 1000 g/mol. The Hall–Kier alpha value is -4.41.